The Kier molecular flexibility index (Phi) is 2.80. The van der Waals surface area contributed by atoms with Crippen LogP contribution in [-0.2, 0) is 9.73 Å². The standard InChI is InChI=1S/C7H9N3O3S/c1-14(2,13)10-7(12)5-3-4-6(11)9-8-5/h3-4H,1-2H3,(H,9,11). The van der Waals surface area contributed by atoms with Crippen LogP contribution >= 0.6 is 0 Å². The van der Waals surface area contributed by atoms with Gasteiger partial charge in [-0.05, 0) is 6.07 Å². The summed E-state index contributed by atoms with van der Waals surface area (Å²) in [6, 6.07) is 2.39. The Morgan fingerprint density at radius 1 is 1.50 bits per heavy atom. The number of carbonyl (C=O) groups is 1. The molecule has 0 aliphatic rings. The number of nitrogens with zero attached hydrogens (tertiary/aromatic N) is 2. The molecular weight excluding hydrogens is 206 g/mol. The number of rotatable bonds is 1. The molecule has 0 aliphatic carbocycles. The van der Waals surface area contributed by atoms with Crippen LogP contribution in [0.15, 0.2) is 21.3 Å². The summed E-state index contributed by atoms with van der Waals surface area (Å²) in [4.78, 5) is 21.9. The van der Waals surface area contributed by atoms with Crippen LogP contribution in [0.1, 0.15) is 10.5 Å². The smallest absolute Gasteiger partial charge is 0.268 e. The Bertz CT molecular complexity index is 497. The quantitative estimate of drug-likeness (QED) is 0.692. The zero-order chi connectivity index (χ0) is 10.8. The summed E-state index contributed by atoms with van der Waals surface area (Å²) in [5, 5.41) is 5.54. The lowest BCUT2D eigenvalue weighted by Gasteiger charge is -1.94. The lowest BCUT2D eigenvalue weighted by atomic mass is 10.4. The molecule has 0 radical (unpaired) electrons. The van der Waals surface area contributed by atoms with Crippen LogP contribution in [-0.4, -0.2) is 32.8 Å². The van der Waals surface area contributed by atoms with E-state index in [1.807, 2.05) is 0 Å². The van der Waals surface area contributed by atoms with Gasteiger partial charge in [0, 0.05) is 28.3 Å². The third-order valence-corrected chi connectivity index (χ3v) is 1.81. The van der Waals surface area contributed by atoms with Crippen molar-refractivity contribution < 1.29 is 9.00 Å². The zero-order valence-electron chi connectivity index (χ0n) is 7.68. The van der Waals surface area contributed by atoms with Gasteiger partial charge in [0.25, 0.3) is 5.56 Å². The molecule has 0 saturated heterocycles. The van der Waals surface area contributed by atoms with Crippen molar-refractivity contribution in [2.24, 2.45) is 4.36 Å². The highest BCUT2D eigenvalue weighted by Crippen LogP contribution is 1.95. The van der Waals surface area contributed by atoms with Crippen molar-refractivity contribution in [2.45, 2.75) is 0 Å². The van der Waals surface area contributed by atoms with Gasteiger partial charge >= 0.3 is 5.91 Å². The van der Waals surface area contributed by atoms with Gasteiger partial charge in [0.1, 0.15) is 0 Å². The van der Waals surface area contributed by atoms with Gasteiger partial charge in [0.2, 0.25) is 0 Å². The first kappa shape index (κ1) is 10.6. The number of hydrogen-bond donors (Lipinski definition) is 1. The van der Waals surface area contributed by atoms with E-state index < -0.39 is 21.2 Å². The van der Waals surface area contributed by atoms with Crippen LogP contribution in [0.3, 0.4) is 0 Å². The second kappa shape index (κ2) is 3.70. The zero-order valence-corrected chi connectivity index (χ0v) is 8.50. The lowest BCUT2D eigenvalue weighted by Crippen LogP contribution is -2.11. The van der Waals surface area contributed by atoms with Gasteiger partial charge in [-0.15, -0.1) is 0 Å². The first-order chi connectivity index (χ1) is 6.38. The van der Waals surface area contributed by atoms with E-state index in [2.05, 4.69) is 14.6 Å². The first-order valence-electron chi connectivity index (χ1n) is 3.66. The SMILES string of the molecule is CS(C)(=O)=NC(=O)c1ccc(=O)[nH]n1. The Morgan fingerprint density at radius 3 is 2.57 bits per heavy atom. The number of H-pyrrole nitrogens is 1. The van der Waals surface area contributed by atoms with Crippen LogP contribution < -0.4 is 5.56 Å². The number of amides is 1. The molecule has 14 heavy (non-hydrogen) atoms. The fourth-order valence-corrected chi connectivity index (χ4v) is 1.20. The molecule has 0 spiro atoms. The molecule has 0 aliphatic heterocycles. The maximum absolute atomic E-state index is 11.2. The monoisotopic (exact) mass is 215 g/mol. The number of aromatic nitrogens is 2. The summed E-state index contributed by atoms with van der Waals surface area (Å²) in [6.45, 7) is 0. The van der Waals surface area contributed by atoms with Gasteiger partial charge in [0.05, 0.1) is 0 Å². The van der Waals surface area contributed by atoms with Crippen molar-refractivity contribution in [3.8, 4) is 0 Å². The minimum absolute atomic E-state index is 0.0268. The molecule has 1 N–H and O–H groups in total. The van der Waals surface area contributed by atoms with Crippen LogP contribution in [0.25, 0.3) is 0 Å². The van der Waals surface area contributed by atoms with E-state index >= 15 is 0 Å². The van der Waals surface area contributed by atoms with Gasteiger partial charge in [-0.1, -0.05) is 0 Å². The van der Waals surface area contributed by atoms with E-state index in [1.165, 1.54) is 18.6 Å². The van der Waals surface area contributed by atoms with Gasteiger partial charge in [0.15, 0.2) is 5.69 Å². The van der Waals surface area contributed by atoms with E-state index in [9.17, 15) is 13.8 Å². The molecule has 1 aromatic rings. The van der Waals surface area contributed by atoms with E-state index in [-0.39, 0.29) is 5.69 Å². The minimum atomic E-state index is -2.49. The molecular formula is C7H9N3O3S. The average Bonchev–Trinajstić information content (AvgIpc) is 2.02. The fraction of sp³-hybridized carbons (Fsp3) is 0.286. The Balaban J connectivity index is 3.09. The highest BCUT2D eigenvalue weighted by molar-refractivity contribution is 7.92. The van der Waals surface area contributed by atoms with E-state index in [0.717, 1.165) is 6.07 Å². The molecule has 0 fully saturated rings. The maximum atomic E-state index is 11.2. The summed E-state index contributed by atoms with van der Waals surface area (Å²) < 4.78 is 14.6. The number of nitrogens with one attached hydrogen (secondary N) is 1. The van der Waals surface area contributed by atoms with Crippen molar-refractivity contribution in [1.82, 2.24) is 10.2 Å². The van der Waals surface area contributed by atoms with Crippen molar-refractivity contribution in [3.05, 3.63) is 28.2 Å². The number of hydrogen-bond acceptors (Lipinski definition) is 4. The molecule has 1 heterocycles. The predicted octanol–water partition coefficient (Wildman–Crippen LogP) is -0.362. The Labute approximate surface area is 80.5 Å². The van der Waals surface area contributed by atoms with Gasteiger partial charge in [-0.25, -0.2) is 9.31 Å². The third-order valence-electron chi connectivity index (χ3n) is 1.20. The van der Waals surface area contributed by atoms with Crippen LogP contribution in [0.4, 0.5) is 0 Å². The number of aromatic amines is 1. The molecule has 0 atom stereocenters. The molecule has 76 valence electrons. The molecule has 0 aromatic carbocycles. The van der Waals surface area contributed by atoms with Gasteiger partial charge in [-0.3, -0.25) is 9.59 Å². The molecule has 6 nitrogen and oxygen atoms in total. The summed E-state index contributed by atoms with van der Waals surface area (Å²) in [5.74, 6) is -0.698. The van der Waals surface area contributed by atoms with E-state index in [0.29, 0.717) is 0 Å². The molecule has 0 unspecified atom stereocenters. The largest absolute Gasteiger partial charge is 0.305 e. The fourth-order valence-electron chi connectivity index (χ4n) is 0.710. The maximum Gasteiger partial charge on any atom is 0.305 e. The molecule has 1 amide bonds. The molecule has 7 heteroatoms. The summed E-state index contributed by atoms with van der Waals surface area (Å²) >= 11 is 0. The lowest BCUT2D eigenvalue weighted by molar-refractivity contribution is 0.0999. The first-order valence-corrected chi connectivity index (χ1v) is 5.99. The average molecular weight is 215 g/mol. The molecule has 1 aromatic heterocycles. The third kappa shape index (κ3) is 3.09. The predicted molar refractivity (Wildman–Crippen MR) is 51.6 cm³/mol. The molecule has 0 bridgehead atoms. The van der Waals surface area contributed by atoms with Gasteiger partial charge in [-0.2, -0.15) is 9.46 Å². The van der Waals surface area contributed by atoms with Crippen molar-refractivity contribution in [3.63, 3.8) is 0 Å². The summed E-state index contributed by atoms with van der Waals surface area (Å²) in [7, 11) is -2.49. The summed E-state index contributed by atoms with van der Waals surface area (Å²) in [5.41, 5.74) is -0.434. The van der Waals surface area contributed by atoms with Crippen LogP contribution in [0.5, 0.6) is 0 Å². The normalized spacial score (nSPS) is 11.0. The van der Waals surface area contributed by atoms with Crippen molar-refractivity contribution >= 4 is 15.6 Å². The van der Waals surface area contributed by atoms with E-state index in [4.69, 9.17) is 0 Å². The topological polar surface area (TPSA) is 92.2 Å². The van der Waals surface area contributed by atoms with Gasteiger partial charge < -0.3 is 0 Å². The van der Waals surface area contributed by atoms with E-state index in [1.54, 1.807) is 0 Å². The van der Waals surface area contributed by atoms with Crippen LogP contribution in [0.2, 0.25) is 0 Å². The Hall–Kier alpha value is -1.50. The van der Waals surface area contributed by atoms with Crippen molar-refractivity contribution in [2.75, 3.05) is 12.5 Å². The minimum Gasteiger partial charge on any atom is -0.268 e. The molecule has 1 rings (SSSR count). The second-order valence-corrected chi connectivity index (χ2v) is 5.43. The Morgan fingerprint density at radius 2 is 2.14 bits per heavy atom. The number of carbonyl (C=O) groups excluding carboxylic acids is 1. The highest BCUT2D eigenvalue weighted by atomic mass is 32.2. The van der Waals surface area contributed by atoms with Crippen molar-refractivity contribution in [1.29, 1.82) is 0 Å². The second-order valence-electron chi connectivity index (χ2n) is 2.88. The van der Waals surface area contributed by atoms with Crippen LogP contribution in [0, 0.1) is 0 Å². The highest BCUT2D eigenvalue weighted by Gasteiger charge is 2.07. The molecule has 0 saturated carbocycles. The summed E-state index contributed by atoms with van der Waals surface area (Å²) in [6.07, 6.45) is 2.69.